The quantitative estimate of drug-likeness (QED) is 0.712. The van der Waals surface area contributed by atoms with Crippen molar-refractivity contribution in [1.29, 1.82) is 0 Å². The summed E-state index contributed by atoms with van der Waals surface area (Å²) >= 11 is 5.92. The fourth-order valence-electron chi connectivity index (χ4n) is 2.79. The van der Waals surface area contributed by atoms with E-state index in [0.29, 0.717) is 22.0 Å². The number of carbonyl (C=O) groups is 2. The number of carbonyl (C=O) groups excluding carboxylic acids is 2. The van der Waals surface area contributed by atoms with Crippen LogP contribution in [0.25, 0.3) is 5.69 Å². The summed E-state index contributed by atoms with van der Waals surface area (Å²) in [6.45, 7) is 3.73. The van der Waals surface area contributed by atoms with Gasteiger partial charge in [-0.2, -0.15) is 5.10 Å². The first-order valence-corrected chi connectivity index (χ1v) is 9.15. The molecule has 3 rings (SSSR count). The van der Waals surface area contributed by atoms with Gasteiger partial charge in [0.2, 0.25) is 5.91 Å². The molecule has 0 bridgehead atoms. The van der Waals surface area contributed by atoms with Crippen molar-refractivity contribution < 1.29 is 9.59 Å². The zero-order chi connectivity index (χ0) is 20.3. The van der Waals surface area contributed by atoms with Crippen molar-refractivity contribution in [1.82, 2.24) is 14.7 Å². The third kappa shape index (κ3) is 4.40. The number of amides is 2. The van der Waals surface area contributed by atoms with Crippen LogP contribution in [0.5, 0.6) is 0 Å². The number of halogens is 1. The Kier molecular flexibility index (Phi) is 5.80. The van der Waals surface area contributed by atoms with Gasteiger partial charge in [-0.05, 0) is 50.2 Å². The molecule has 2 amide bonds. The predicted molar refractivity (Wildman–Crippen MR) is 110 cm³/mol. The van der Waals surface area contributed by atoms with Gasteiger partial charge in [0, 0.05) is 17.8 Å². The smallest absolute Gasteiger partial charge is 0.257 e. The zero-order valence-corrected chi connectivity index (χ0v) is 16.7. The van der Waals surface area contributed by atoms with E-state index in [0.717, 1.165) is 11.3 Å². The van der Waals surface area contributed by atoms with Crippen molar-refractivity contribution in [3.63, 3.8) is 0 Å². The summed E-state index contributed by atoms with van der Waals surface area (Å²) in [5, 5.41) is 7.72. The molecule has 0 radical (unpaired) electrons. The molecule has 0 spiro atoms. The molecule has 0 aliphatic rings. The first-order chi connectivity index (χ1) is 13.3. The topological polar surface area (TPSA) is 67.2 Å². The number of benzene rings is 2. The number of hydrogen-bond acceptors (Lipinski definition) is 3. The van der Waals surface area contributed by atoms with Crippen LogP contribution in [0.1, 0.15) is 21.6 Å². The molecule has 0 unspecified atom stereocenters. The molecular formula is C21H21ClN4O2. The Morgan fingerprint density at radius 1 is 1.07 bits per heavy atom. The Labute approximate surface area is 168 Å². The van der Waals surface area contributed by atoms with E-state index < -0.39 is 0 Å². The van der Waals surface area contributed by atoms with Crippen LogP contribution in [0.4, 0.5) is 5.69 Å². The highest BCUT2D eigenvalue weighted by atomic mass is 35.5. The molecule has 0 saturated carbocycles. The summed E-state index contributed by atoms with van der Waals surface area (Å²) in [7, 11) is 1.59. The van der Waals surface area contributed by atoms with Gasteiger partial charge in [-0.15, -0.1) is 0 Å². The van der Waals surface area contributed by atoms with Crippen LogP contribution in [0.15, 0.2) is 54.7 Å². The lowest BCUT2D eigenvalue weighted by molar-refractivity contribution is -0.116. The predicted octanol–water partition coefficient (Wildman–Crippen LogP) is 3.85. The molecule has 1 heterocycles. The van der Waals surface area contributed by atoms with Gasteiger partial charge in [-0.25, -0.2) is 4.68 Å². The summed E-state index contributed by atoms with van der Waals surface area (Å²) in [6.07, 6.45) is 1.51. The van der Waals surface area contributed by atoms with Crippen LogP contribution in [-0.2, 0) is 4.79 Å². The molecule has 3 aromatic rings. The molecule has 0 aliphatic heterocycles. The average Bonchev–Trinajstić information content (AvgIpc) is 3.05. The molecule has 6 nitrogen and oxygen atoms in total. The highest BCUT2D eigenvalue weighted by molar-refractivity contribution is 6.30. The van der Waals surface area contributed by atoms with Crippen molar-refractivity contribution in [2.24, 2.45) is 0 Å². The largest absolute Gasteiger partial charge is 0.332 e. The Morgan fingerprint density at radius 2 is 1.71 bits per heavy atom. The highest BCUT2D eigenvalue weighted by Gasteiger charge is 2.20. The maximum absolute atomic E-state index is 12.8. The third-order valence-electron chi connectivity index (χ3n) is 4.37. The van der Waals surface area contributed by atoms with Gasteiger partial charge in [0.05, 0.1) is 29.7 Å². The van der Waals surface area contributed by atoms with E-state index in [4.69, 9.17) is 11.6 Å². The molecule has 2 aromatic carbocycles. The van der Waals surface area contributed by atoms with Crippen LogP contribution in [0, 0.1) is 13.8 Å². The number of nitrogens with zero attached hydrogens (tertiary/aromatic N) is 3. The van der Waals surface area contributed by atoms with Crippen molar-refractivity contribution >= 4 is 29.1 Å². The van der Waals surface area contributed by atoms with Crippen LogP contribution in [-0.4, -0.2) is 40.1 Å². The average molecular weight is 397 g/mol. The van der Waals surface area contributed by atoms with Gasteiger partial charge >= 0.3 is 0 Å². The molecule has 7 heteroatoms. The molecular weight excluding hydrogens is 376 g/mol. The normalized spacial score (nSPS) is 10.6. The second kappa shape index (κ2) is 8.27. The van der Waals surface area contributed by atoms with Gasteiger partial charge in [0.1, 0.15) is 0 Å². The first kappa shape index (κ1) is 19.6. The zero-order valence-electron chi connectivity index (χ0n) is 15.9. The van der Waals surface area contributed by atoms with Gasteiger partial charge in [-0.3, -0.25) is 9.59 Å². The van der Waals surface area contributed by atoms with Gasteiger partial charge in [-0.1, -0.05) is 29.3 Å². The number of hydrogen-bond donors (Lipinski definition) is 1. The first-order valence-electron chi connectivity index (χ1n) is 8.77. The van der Waals surface area contributed by atoms with E-state index in [9.17, 15) is 9.59 Å². The number of likely N-dealkylation sites (N-methyl/N-ethyl adjacent to an activating group) is 1. The van der Waals surface area contributed by atoms with Crippen LogP contribution in [0.2, 0.25) is 5.02 Å². The molecule has 0 fully saturated rings. The lowest BCUT2D eigenvalue weighted by Crippen LogP contribution is -2.35. The van der Waals surface area contributed by atoms with Crippen molar-refractivity contribution in [2.75, 3.05) is 18.9 Å². The van der Waals surface area contributed by atoms with Gasteiger partial charge in [0.15, 0.2) is 0 Å². The van der Waals surface area contributed by atoms with Crippen LogP contribution >= 0.6 is 11.6 Å². The van der Waals surface area contributed by atoms with E-state index in [-0.39, 0.29) is 18.4 Å². The Hall–Kier alpha value is -3.12. The Balaban J connectivity index is 1.68. The second-order valence-corrected chi connectivity index (χ2v) is 7.04. The van der Waals surface area contributed by atoms with E-state index in [1.165, 1.54) is 11.1 Å². The minimum absolute atomic E-state index is 0.0573. The van der Waals surface area contributed by atoms with E-state index in [1.807, 2.05) is 50.2 Å². The highest BCUT2D eigenvalue weighted by Crippen LogP contribution is 2.18. The van der Waals surface area contributed by atoms with Crippen LogP contribution in [0.3, 0.4) is 0 Å². The molecule has 1 N–H and O–H groups in total. The van der Waals surface area contributed by atoms with Gasteiger partial charge in [0.25, 0.3) is 5.91 Å². The molecule has 144 valence electrons. The molecule has 0 aliphatic carbocycles. The van der Waals surface area contributed by atoms with E-state index >= 15 is 0 Å². The number of aryl methyl sites for hydroxylation is 1. The second-order valence-electron chi connectivity index (χ2n) is 6.61. The minimum atomic E-state index is -0.267. The van der Waals surface area contributed by atoms with Crippen molar-refractivity contribution in [2.45, 2.75) is 13.8 Å². The van der Waals surface area contributed by atoms with Crippen molar-refractivity contribution in [3.05, 3.63) is 76.6 Å². The van der Waals surface area contributed by atoms with E-state index in [1.54, 1.807) is 23.9 Å². The van der Waals surface area contributed by atoms with Crippen molar-refractivity contribution in [3.8, 4) is 5.69 Å². The van der Waals surface area contributed by atoms with E-state index in [2.05, 4.69) is 10.4 Å². The molecule has 1 aromatic heterocycles. The van der Waals surface area contributed by atoms with Crippen LogP contribution < -0.4 is 5.32 Å². The molecule has 0 saturated heterocycles. The summed E-state index contributed by atoms with van der Waals surface area (Å²) in [6, 6.07) is 14.7. The van der Waals surface area contributed by atoms with Gasteiger partial charge < -0.3 is 10.2 Å². The lowest BCUT2D eigenvalue weighted by atomic mass is 10.2. The summed E-state index contributed by atoms with van der Waals surface area (Å²) in [5.41, 5.74) is 3.75. The number of anilines is 1. The number of aromatic nitrogens is 2. The summed E-state index contributed by atoms with van der Waals surface area (Å²) in [5.74, 6) is -0.529. The maximum atomic E-state index is 12.8. The third-order valence-corrected chi connectivity index (χ3v) is 4.63. The maximum Gasteiger partial charge on any atom is 0.257 e. The number of nitrogens with one attached hydrogen (secondary N) is 1. The SMILES string of the molecule is Cc1ccc(NC(=O)CN(C)C(=O)c2cnn(-c3ccc(Cl)cc3)c2C)cc1. The standard InChI is InChI=1S/C21H21ClN4O2/c1-14-4-8-17(9-5-14)24-20(27)13-25(3)21(28)19-12-23-26(15(19)2)18-10-6-16(22)7-11-18/h4-12H,13H2,1-3H3,(H,24,27). The fraction of sp³-hybridized carbons (Fsp3) is 0.190. The fourth-order valence-corrected chi connectivity index (χ4v) is 2.92. The monoisotopic (exact) mass is 396 g/mol. The minimum Gasteiger partial charge on any atom is -0.332 e. The molecule has 0 atom stereocenters. The summed E-state index contributed by atoms with van der Waals surface area (Å²) in [4.78, 5) is 26.4. The summed E-state index contributed by atoms with van der Waals surface area (Å²) < 4.78 is 1.67. The molecule has 28 heavy (non-hydrogen) atoms. The number of rotatable bonds is 5. The Morgan fingerprint density at radius 3 is 2.36 bits per heavy atom. The Bertz CT molecular complexity index is 994. The lowest BCUT2D eigenvalue weighted by Gasteiger charge is -2.17.